The molecule has 0 bridgehead atoms. The normalized spacial score (nSPS) is 26.4. The summed E-state index contributed by atoms with van der Waals surface area (Å²) >= 11 is 0. The van der Waals surface area contributed by atoms with Gasteiger partial charge in [0.15, 0.2) is 5.82 Å². The molecule has 3 unspecified atom stereocenters. The molecular weight excluding hydrogens is 250 g/mol. The van der Waals surface area contributed by atoms with Crippen LogP contribution in [0.1, 0.15) is 33.1 Å². The van der Waals surface area contributed by atoms with Crippen LogP contribution in [-0.4, -0.2) is 25.8 Å². The molecular formula is C15H21N5. The monoisotopic (exact) mass is 271 g/mol. The maximum absolute atomic E-state index is 4.43. The highest BCUT2D eigenvalue weighted by Gasteiger charge is 2.26. The summed E-state index contributed by atoms with van der Waals surface area (Å²) in [6, 6.07) is 4.53. The largest absolute Gasteiger partial charge is 0.379 e. The first kappa shape index (κ1) is 13.1. The highest BCUT2D eigenvalue weighted by molar-refractivity contribution is 5.56. The molecule has 2 aromatic rings. The van der Waals surface area contributed by atoms with E-state index in [1.54, 1.807) is 17.2 Å². The zero-order valence-corrected chi connectivity index (χ0v) is 12.0. The molecule has 2 heterocycles. The smallest absolute Gasteiger partial charge is 0.178 e. The molecule has 0 aliphatic heterocycles. The topological polar surface area (TPSA) is 55.6 Å². The fourth-order valence-electron chi connectivity index (χ4n) is 2.94. The van der Waals surface area contributed by atoms with E-state index >= 15 is 0 Å². The van der Waals surface area contributed by atoms with Crippen molar-refractivity contribution >= 4 is 5.69 Å². The second kappa shape index (κ2) is 5.61. The van der Waals surface area contributed by atoms with Gasteiger partial charge in [-0.2, -0.15) is 5.10 Å². The minimum atomic E-state index is 0.505. The minimum Gasteiger partial charge on any atom is -0.379 e. The Bertz CT molecular complexity index is 551. The average Bonchev–Trinajstić information content (AvgIpc) is 2.97. The Morgan fingerprint density at radius 2 is 2.20 bits per heavy atom. The highest BCUT2D eigenvalue weighted by atomic mass is 15.3. The summed E-state index contributed by atoms with van der Waals surface area (Å²) in [6.07, 6.45) is 8.84. The van der Waals surface area contributed by atoms with Gasteiger partial charge < -0.3 is 5.32 Å². The molecule has 3 rings (SSSR count). The Morgan fingerprint density at radius 1 is 1.30 bits per heavy atom. The molecule has 0 amide bonds. The first-order chi connectivity index (χ1) is 9.74. The summed E-state index contributed by atoms with van der Waals surface area (Å²) in [4.78, 5) is 8.43. The SMILES string of the molecule is CC1CCC(C)C(Nc2cccnc2-n2cncn2)C1. The maximum Gasteiger partial charge on any atom is 0.178 e. The first-order valence-corrected chi connectivity index (χ1v) is 7.30. The van der Waals surface area contributed by atoms with Crippen molar-refractivity contribution in [3.8, 4) is 5.82 Å². The van der Waals surface area contributed by atoms with Crippen molar-refractivity contribution in [2.24, 2.45) is 11.8 Å². The fraction of sp³-hybridized carbons (Fsp3) is 0.533. The van der Waals surface area contributed by atoms with E-state index in [1.165, 1.54) is 25.6 Å². The van der Waals surface area contributed by atoms with Crippen molar-refractivity contribution in [2.75, 3.05) is 5.32 Å². The molecule has 1 fully saturated rings. The predicted molar refractivity (Wildman–Crippen MR) is 78.7 cm³/mol. The van der Waals surface area contributed by atoms with E-state index in [4.69, 9.17) is 0 Å². The van der Waals surface area contributed by atoms with Crippen LogP contribution in [0.4, 0.5) is 5.69 Å². The zero-order valence-electron chi connectivity index (χ0n) is 12.0. The van der Waals surface area contributed by atoms with Crippen LogP contribution in [0.5, 0.6) is 0 Å². The number of rotatable bonds is 3. The molecule has 20 heavy (non-hydrogen) atoms. The summed E-state index contributed by atoms with van der Waals surface area (Å²) in [7, 11) is 0. The third-order valence-electron chi connectivity index (χ3n) is 4.22. The van der Waals surface area contributed by atoms with Crippen molar-refractivity contribution in [1.29, 1.82) is 0 Å². The van der Waals surface area contributed by atoms with Crippen LogP contribution in [0.25, 0.3) is 5.82 Å². The number of pyridine rings is 1. The molecule has 1 N–H and O–H groups in total. The first-order valence-electron chi connectivity index (χ1n) is 7.30. The summed E-state index contributed by atoms with van der Waals surface area (Å²) in [5.41, 5.74) is 1.03. The molecule has 0 radical (unpaired) electrons. The lowest BCUT2D eigenvalue weighted by atomic mass is 9.80. The van der Waals surface area contributed by atoms with Gasteiger partial charge in [-0.25, -0.2) is 14.6 Å². The van der Waals surface area contributed by atoms with Crippen LogP contribution in [-0.2, 0) is 0 Å². The van der Waals surface area contributed by atoms with E-state index in [2.05, 4.69) is 40.3 Å². The molecule has 5 heteroatoms. The van der Waals surface area contributed by atoms with Gasteiger partial charge in [0.2, 0.25) is 0 Å². The number of nitrogens with zero attached hydrogens (tertiary/aromatic N) is 4. The fourth-order valence-corrected chi connectivity index (χ4v) is 2.94. The van der Waals surface area contributed by atoms with Crippen molar-refractivity contribution < 1.29 is 0 Å². The lowest BCUT2D eigenvalue weighted by molar-refractivity contribution is 0.280. The Hall–Kier alpha value is -1.91. The van der Waals surface area contributed by atoms with Crippen molar-refractivity contribution in [3.63, 3.8) is 0 Å². The molecule has 0 saturated heterocycles. The van der Waals surface area contributed by atoms with E-state index in [0.717, 1.165) is 17.4 Å². The van der Waals surface area contributed by atoms with E-state index in [-0.39, 0.29) is 0 Å². The van der Waals surface area contributed by atoms with Crippen molar-refractivity contribution in [2.45, 2.75) is 39.2 Å². The summed E-state index contributed by atoms with van der Waals surface area (Å²) < 4.78 is 1.71. The number of hydrogen-bond donors (Lipinski definition) is 1. The van der Waals surface area contributed by atoms with Gasteiger partial charge in [-0.05, 0) is 36.8 Å². The van der Waals surface area contributed by atoms with E-state index in [9.17, 15) is 0 Å². The van der Waals surface area contributed by atoms with Crippen molar-refractivity contribution in [3.05, 3.63) is 31.0 Å². The molecule has 106 valence electrons. The third kappa shape index (κ3) is 2.66. The number of anilines is 1. The molecule has 1 aliphatic rings. The zero-order chi connectivity index (χ0) is 13.9. The third-order valence-corrected chi connectivity index (χ3v) is 4.22. The lowest BCUT2D eigenvalue weighted by Crippen LogP contribution is -2.33. The van der Waals surface area contributed by atoms with Crippen LogP contribution in [0.15, 0.2) is 31.0 Å². The number of nitrogens with one attached hydrogen (secondary N) is 1. The Kier molecular flexibility index (Phi) is 3.67. The Balaban J connectivity index is 1.84. The van der Waals surface area contributed by atoms with Crippen LogP contribution in [0, 0.1) is 11.8 Å². The van der Waals surface area contributed by atoms with Gasteiger partial charge in [0.25, 0.3) is 0 Å². The Morgan fingerprint density at radius 3 is 3.00 bits per heavy atom. The highest BCUT2D eigenvalue weighted by Crippen LogP contribution is 2.31. The molecule has 0 aromatic carbocycles. The Labute approximate surface area is 119 Å². The lowest BCUT2D eigenvalue weighted by Gasteiger charge is -2.34. The van der Waals surface area contributed by atoms with Crippen LogP contribution in [0.2, 0.25) is 0 Å². The van der Waals surface area contributed by atoms with Crippen molar-refractivity contribution in [1.82, 2.24) is 19.7 Å². The average molecular weight is 271 g/mol. The van der Waals surface area contributed by atoms with Crippen LogP contribution >= 0.6 is 0 Å². The van der Waals surface area contributed by atoms with Gasteiger partial charge in [-0.15, -0.1) is 0 Å². The second-order valence-corrected chi connectivity index (χ2v) is 5.86. The quantitative estimate of drug-likeness (QED) is 0.932. The van der Waals surface area contributed by atoms with Crippen LogP contribution in [0.3, 0.4) is 0 Å². The molecule has 1 saturated carbocycles. The van der Waals surface area contributed by atoms with E-state index in [1.807, 2.05) is 6.07 Å². The van der Waals surface area contributed by atoms with Gasteiger partial charge in [0.05, 0.1) is 5.69 Å². The maximum atomic E-state index is 4.43. The van der Waals surface area contributed by atoms with Gasteiger partial charge in [0, 0.05) is 12.2 Å². The van der Waals surface area contributed by atoms with E-state index < -0.39 is 0 Å². The molecule has 3 atom stereocenters. The second-order valence-electron chi connectivity index (χ2n) is 5.86. The molecule has 2 aromatic heterocycles. The summed E-state index contributed by atoms with van der Waals surface area (Å²) in [6.45, 7) is 4.66. The molecule has 0 spiro atoms. The number of hydrogen-bond acceptors (Lipinski definition) is 4. The summed E-state index contributed by atoms with van der Waals surface area (Å²) in [5.74, 6) is 2.29. The van der Waals surface area contributed by atoms with Gasteiger partial charge >= 0.3 is 0 Å². The summed E-state index contributed by atoms with van der Waals surface area (Å²) in [5, 5.41) is 7.84. The standard InChI is InChI=1S/C15H21N5/c1-11-5-6-12(2)14(8-11)19-13-4-3-7-17-15(13)20-10-16-9-18-20/h3-4,7,9-12,14,19H,5-6,8H2,1-2H3. The van der Waals surface area contributed by atoms with Gasteiger partial charge in [-0.3, -0.25) is 0 Å². The predicted octanol–water partition coefficient (Wildman–Crippen LogP) is 2.90. The van der Waals surface area contributed by atoms with Gasteiger partial charge in [0.1, 0.15) is 12.7 Å². The van der Waals surface area contributed by atoms with Crippen LogP contribution < -0.4 is 5.32 Å². The number of aromatic nitrogens is 4. The van der Waals surface area contributed by atoms with Gasteiger partial charge in [-0.1, -0.05) is 20.3 Å². The molecule has 1 aliphatic carbocycles. The molecule has 5 nitrogen and oxygen atoms in total. The van der Waals surface area contributed by atoms with E-state index in [0.29, 0.717) is 12.0 Å². The minimum absolute atomic E-state index is 0.505.